The lowest BCUT2D eigenvalue weighted by atomic mass is 9.86. The molecule has 5 atom stereocenters. The van der Waals surface area contributed by atoms with E-state index in [-0.39, 0.29) is 61.4 Å². The summed E-state index contributed by atoms with van der Waals surface area (Å²) in [5, 5.41) is 67.4. The Balaban J connectivity index is 1.10. The van der Waals surface area contributed by atoms with Gasteiger partial charge in [0.05, 0.1) is 44.4 Å². The Morgan fingerprint density at radius 1 is 1.05 bits per heavy atom. The summed E-state index contributed by atoms with van der Waals surface area (Å²) in [7, 11) is 1.45. The lowest BCUT2D eigenvalue weighted by Gasteiger charge is -2.47. The molecule has 59 heavy (non-hydrogen) atoms. The highest BCUT2D eigenvalue weighted by Gasteiger charge is 2.56. The number of amides is 1. The molecule has 0 spiro atoms. The van der Waals surface area contributed by atoms with E-state index >= 15 is 0 Å². The molecule has 5 aromatic rings. The van der Waals surface area contributed by atoms with Crippen LogP contribution in [0.15, 0.2) is 66.9 Å². The first kappa shape index (κ1) is 40.7. The number of Topliss-reactive ketones (excluding diaryl/α,β-unsaturated/α-hetero) is 1. The molecule has 14 heteroatoms. The number of phenols is 1. The van der Waals surface area contributed by atoms with E-state index < -0.39 is 48.3 Å². The van der Waals surface area contributed by atoms with Crippen LogP contribution in [0.25, 0.3) is 21.7 Å². The largest absolute Gasteiger partial charge is 0.506 e. The number of rotatable bonds is 15. The van der Waals surface area contributed by atoms with Crippen LogP contribution in [0.5, 0.6) is 17.2 Å². The average Bonchev–Trinajstić information content (AvgIpc) is 4.00. The van der Waals surface area contributed by atoms with Crippen LogP contribution >= 0.6 is 0 Å². The van der Waals surface area contributed by atoms with Crippen LogP contribution in [0.2, 0.25) is 0 Å². The van der Waals surface area contributed by atoms with Gasteiger partial charge in [0, 0.05) is 47.4 Å². The van der Waals surface area contributed by atoms with E-state index in [2.05, 4.69) is 4.98 Å². The molecule has 0 radical (unpaired) electrons. The Labute approximate surface area is 340 Å². The summed E-state index contributed by atoms with van der Waals surface area (Å²) in [5.74, 6) is -0.925. The lowest BCUT2D eigenvalue weighted by molar-refractivity contribution is -0.329. The summed E-state index contributed by atoms with van der Waals surface area (Å²) < 4.78 is 24.0. The summed E-state index contributed by atoms with van der Waals surface area (Å²) in [4.78, 5) is 32.3. The van der Waals surface area contributed by atoms with Crippen LogP contribution in [0.4, 0.5) is 0 Å². The first-order chi connectivity index (χ1) is 28.5. The van der Waals surface area contributed by atoms with E-state index in [1.807, 2.05) is 42.6 Å². The number of hydrogen-bond acceptors (Lipinski definition) is 12. The number of aliphatic hydroxyl groups is 5. The van der Waals surface area contributed by atoms with Crippen LogP contribution in [-0.4, -0.2) is 116 Å². The number of ketones is 1. The minimum atomic E-state index is -2.55. The fourth-order valence-electron chi connectivity index (χ4n) is 8.85. The molecule has 1 aromatic heterocycles. The molecular formula is C45H50N2O12. The number of nitrogens with zero attached hydrogens (tertiary/aromatic N) is 1. The number of phenolic OH excluding ortho intramolecular Hbond substituents is 1. The first-order valence-electron chi connectivity index (χ1n) is 20.1. The van der Waals surface area contributed by atoms with Gasteiger partial charge in [-0.25, -0.2) is 0 Å². The first-order valence-corrected chi connectivity index (χ1v) is 20.1. The third kappa shape index (κ3) is 7.66. The highest BCUT2D eigenvalue weighted by atomic mass is 16.7. The molecule has 5 unspecified atom stereocenters. The number of fused-ring (bicyclic) bond motifs is 3. The number of aryl methyl sites for hydroxylation is 1. The normalized spacial score (nSPS) is 23.4. The second-order valence-electron chi connectivity index (χ2n) is 15.9. The number of hydrogen-bond donors (Lipinski definition) is 7. The van der Waals surface area contributed by atoms with Crippen molar-refractivity contribution >= 4 is 33.4 Å². The van der Waals surface area contributed by atoms with Crippen molar-refractivity contribution in [2.45, 2.75) is 87.8 Å². The van der Waals surface area contributed by atoms with Crippen molar-refractivity contribution in [1.29, 1.82) is 0 Å². The molecule has 1 saturated heterocycles. The number of aromatic hydroxyl groups is 1. The topological polar surface area (TPSA) is 211 Å². The van der Waals surface area contributed by atoms with E-state index in [9.17, 15) is 40.2 Å². The maximum atomic E-state index is 14.3. The maximum Gasteiger partial charge on any atom is 0.254 e. The van der Waals surface area contributed by atoms with Crippen LogP contribution in [-0.2, 0) is 29.0 Å². The molecule has 4 aromatic carbocycles. The number of methoxy groups -OCH3 is 1. The Kier molecular flexibility index (Phi) is 11.7. The fourth-order valence-corrected chi connectivity index (χ4v) is 8.85. The minimum absolute atomic E-state index is 0.0255. The molecule has 1 aliphatic carbocycles. The Morgan fingerprint density at radius 3 is 2.59 bits per heavy atom. The molecular weight excluding hydrogens is 760 g/mol. The van der Waals surface area contributed by atoms with Gasteiger partial charge in [-0.15, -0.1) is 0 Å². The van der Waals surface area contributed by atoms with Crippen LogP contribution < -0.4 is 9.47 Å². The Bertz CT molecular complexity index is 2350. The Morgan fingerprint density at radius 2 is 1.85 bits per heavy atom. The van der Waals surface area contributed by atoms with Gasteiger partial charge in [0.1, 0.15) is 35.6 Å². The molecule has 3 aliphatic rings. The Hall–Kier alpha value is -5.06. The zero-order chi connectivity index (χ0) is 41.4. The van der Waals surface area contributed by atoms with Crippen molar-refractivity contribution in [2.24, 2.45) is 0 Å². The highest BCUT2D eigenvalue weighted by molar-refractivity contribution is 6.11. The second-order valence-corrected chi connectivity index (χ2v) is 15.9. The van der Waals surface area contributed by atoms with Gasteiger partial charge < -0.3 is 59.5 Å². The molecule has 8 rings (SSSR count). The minimum Gasteiger partial charge on any atom is -0.506 e. The standard InChI is InChI=1S/C45H50N2O12/c1-56-30-16-28-17-33(26-8-2-3-9-26)39(35(50)21-47-20-27-10-4-5-11-31(27)43(47)54)41(52)38(28)36(18-30)58-44-45(55,24-49)42(53)40(51)37(59-44)23-57-22-29-19-46-34-13-12-25(7-6-14-48)15-32(29)34/h4-5,10-13,15-19,26,37,40,42,44,46,48-49,51-53,55H,2-3,6-9,14,20-24H2,1H3. The smallest absolute Gasteiger partial charge is 0.254 e. The third-order valence-electron chi connectivity index (χ3n) is 12.1. The van der Waals surface area contributed by atoms with Gasteiger partial charge in [0.15, 0.2) is 11.4 Å². The van der Waals surface area contributed by atoms with Crippen molar-refractivity contribution < 1.29 is 59.2 Å². The number of carbonyl (C=O) groups is 2. The quantitative estimate of drug-likeness (QED) is 0.0742. The number of ether oxygens (including phenoxy) is 4. The van der Waals surface area contributed by atoms with Gasteiger partial charge in [-0.3, -0.25) is 9.59 Å². The predicted molar refractivity (Wildman–Crippen MR) is 216 cm³/mol. The van der Waals surface area contributed by atoms with Gasteiger partial charge in [-0.05, 0) is 84.0 Å². The fraction of sp³-hybridized carbons (Fsp3) is 0.422. The van der Waals surface area contributed by atoms with Crippen molar-refractivity contribution in [3.8, 4) is 17.2 Å². The van der Waals surface area contributed by atoms with Gasteiger partial charge in [-0.2, -0.15) is 0 Å². The maximum absolute atomic E-state index is 14.3. The van der Waals surface area contributed by atoms with Crippen molar-refractivity contribution in [1.82, 2.24) is 9.88 Å². The second kappa shape index (κ2) is 16.9. The number of H-pyrrole nitrogens is 1. The molecule has 2 fully saturated rings. The molecule has 3 heterocycles. The zero-order valence-electron chi connectivity index (χ0n) is 32.8. The molecule has 7 N–H and O–H groups in total. The lowest BCUT2D eigenvalue weighted by Crippen LogP contribution is -2.69. The SMILES string of the molecule is COc1cc(OC2OC(COCc3c[nH]c4ccc(CCCO)cc34)C(O)C(O)C2(O)CO)c2c(O)c(C(=O)CN3Cc4ccccc4C3=O)c(C3CCCC3)cc2c1. The van der Waals surface area contributed by atoms with E-state index in [4.69, 9.17) is 18.9 Å². The van der Waals surface area contributed by atoms with Gasteiger partial charge in [0.25, 0.3) is 5.91 Å². The van der Waals surface area contributed by atoms with Crippen LogP contribution in [0.1, 0.15) is 81.0 Å². The van der Waals surface area contributed by atoms with Crippen molar-refractivity contribution in [3.63, 3.8) is 0 Å². The van der Waals surface area contributed by atoms with E-state index in [1.54, 1.807) is 18.2 Å². The summed E-state index contributed by atoms with van der Waals surface area (Å²) in [6.45, 7) is -1.15. The van der Waals surface area contributed by atoms with E-state index in [0.717, 1.165) is 53.3 Å². The van der Waals surface area contributed by atoms with Gasteiger partial charge in [-0.1, -0.05) is 37.1 Å². The van der Waals surface area contributed by atoms with Gasteiger partial charge >= 0.3 is 0 Å². The molecule has 1 saturated carbocycles. The van der Waals surface area contributed by atoms with Crippen molar-refractivity contribution in [2.75, 3.05) is 33.5 Å². The van der Waals surface area contributed by atoms with E-state index in [1.165, 1.54) is 18.1 Å². The molecule has 14 nitrogen and oxygen atoms in total. The highest BCUT2D eigenvalue weighted by Crippen LogP contribution is 2.47. The number of aliphatic hydroxyl groups excluding tert-OH is 4. The van der Waals surface area contributed by atoms with E-state index in [0.29, 0.717) is 35.1 Å². The molecule has 2 aliphatic heterocycles. The summed E-state index contributed by atoms with van der Waals surface area (Å²) in [6.07, 6.45) is -0.0443. The van der Waals surface area contributed by atoms with Crippen molar-refractivity contribution in [3.05, 3.63) is 100 Å². The molecule has 1 amide bonds. The third-order valence-corrected chi connectivity index (χ3v) is 12.1. The number of aromatic amines is 1. The number of aromatic nitrogens is 1. The summed E-state index contributed by atoms with van der Waals surface area (Å²) in [5.41, 5.74) is 2.29. The molecule has 0 bridgehead atoms. The summed E-state index contributed by atoms with van der Waals surface area (Å²) in [6, 6.07) is 18.1. The zero-order valence-corrected chi connectivity index (χ0v) is 32.8. The van der Waals surface area contributed by atoms with Crippen LogP contribution in [0.3, 0.4) is 0 Å². The monoisotopic (exact) mass is 810 g/mol. The summed E-state index contributed by atoms with van der Waals surface area (Å²) >= 11 is 0. The predicted octanol–water partition coefficient (Wildman–Crippen LogP) is 4.22. The van der Waals surface area contributed by atoms with Gasteiger partial charge in [0.2, 0.25) is 6.29 Å². The van der Waals surface area contributed by atoms with Crippen LogP contribution in [0, 0.1) is 0 Å². The average molecular weight is 811 g/mol. The number of nitrogens with one attached hydrogen (secondary N) is 1. The number of carbonyl (C=O) groups excluding carboxylic acids is 2. The number of benzene rings is 4. The molecule has 312 valence electrons.